The summed E-state index contributed by atoms with van der Waals surface area (Å²) in [7, 11) is -7.49. The highest BCUT2D eigenvalue weighted by molar-refractivity contribution is 7.91. The van der Waals surface area contributed by atoms with Crippen LogP contribution < -0.4 is 4.72 Å². The first-order valence-electron chi connectivity index (χ1n) is 4.86. The molecule has 0 atom stereocenters. The first kappa shape index (κ1) is 16.5. The Bertz CT molecular complexity index is 711. The summed E-state index contributed by atoms with van der Waals surface area (Å²) in [6.45, 7) is 3.16. The normalized spacial score (nSPS) is 12.4. The van der Waals surface area contributed by atoms with Gasteiger partial charge in [0.1, 0.15) is 4.90 Å². The topological polar surface area (TPSA) is 80.3 Å². The molecule has 5 nitrogen and oxygen atoms in total. The van der Waals surface area contributed by atoms with Crippen molar-refractivity contribution in [1.29, 1.82) is 0 Å². The van der Waals surface area contributed by atoms with E-state index in [0.717, 1.165) is 12.3 Å². The lowest BCUT2D eigenvalue weighted by atomic mass is 10.4. The summed E-state index contributed by atoms with van der Waals surface area (Å²) >= 11 is 11.2. The van der Waals surface area contributed by atoms with Crippen LogP contribution in [-0.2, 0) is 19.9 Å². The van der Waals surface area contributed by atoms with E-state index < -0.39 is 19.9 Å². The van der Waals surface area contributed by atoms with Gasteiger partial charge in [0.2, 0.25) is 10.0 Å². The standard InChI is InChI=1S/C10H11Cl2NO4S2/c1-7(11)6-13-19(16,17)10-5-8(18(2,14)15)3-4-9(10)12/h3-5,13H,1,6H2,2H3. The minimum atomic E-state index is -3.96. The number of halogens is 2. The average Bonchev–Trinajstić information content (AvgIpc) is 2.25. The van der Waals surface area contributed by atoms with Gasteiger partial charge in [-0.05, 0) is 18.2 Å². The number of nitrogens with one attached hydrogen (secondary N) is 1. The molecule has 0 aliphatic carbocycles. The third kappa shape index (κ3) is 4.47. The molecule has 0 aliphatic rings. The molecule has 0 radical (unpaired) electrons. The lowest BCUT2D eigenvalue weighted by molar-refractivity contribution is 0.585. The SMILES string of the molecule is C=C(Cl)CNS(=O)(=O)c1cc(S(C)(=O)=O)ccc1Cl. The molecule has 0 saturated heterocycles. The van der Waals surface area contributed by atoms with Gasteiger partial charge in [0.15, 0.2) is 9.84 Å². The van der Waals surface area contributed by atoms with Crippen LogP contribution in [0.5, 0.6) is 0 Å². The van der Waals surface area contributed by atoms with E-state index in [1.165, 1.54) is 12.1 Å². The van der Waals surface area contributed by atoms with Crippen molar-refractivity contribution in [2.75, 3.05) is 12.8 Å². The Morgan fingerprint density at radius 1 is 1.32 bits per heavy atom. The van der Waals surface area contributed by atoms with Crippen molar-refractivity contribution in [2.24, 2.45) is 0 Å². The van der Waals surface area contributed by atoms with Crippen LogP contribution in [0, 0.1) is 0 Å². The maximum Gasteiger partial charge on any atom is 0.242 e. The molecule has 0 saturated carbocycles. The molecule has 0 aromatic heterocycles. The highest BCUT2D eigenvalue weighted by Gasteiger charge is 2.20. The van der Waals surface area contributed by atoms with Crippen LogP contribution in [0.15, 0.2) is 39.6 Å². The molecule has 0 amide bonds. The lowest BCUT2D eigenvalue weighted by Crippen LogP contribution is -2.25. The first-order valence-corrected chi connectivity index (χ1v) is 8.99. The number of benzene rings is 1. The van der Waals surface area contributed by atoms with Gasteiger partial charge in [-0.3, -0.25) is 0 Å². The van der Waals surface area contributed by atoms with E-state index >= 15 is 0 Å². The highest BCUT2D eigenvalue weighted by atomic mass is 35.5. The van der Waals surface area contributed by atoms with Crippen LogP contribution >= 0.6 is 23.2 Å². The smallest absolute Gasteiger partial charge is 0.224 e. The van der Waals surface area contributed by atoms with Crippen molar-refractivity contribution in [3.8, 4) is 0 Å². The van der Waals surface area contributed by atoms with Gasteiger partial charge in [-0.25, -0.2) is 21.6 Å². The largest absolute Gasteiger partial charge is 0.242 e. The Morgan fingerprint density at radius 3 is 2.37 bits per heavy atom. The molecule has 0 unspecified atom stereocenters. The van der Waals surface area contributed by atoms with Crippen molar-refractivity contribution < 1.29 is 16.8 Å². The molecule has 0 fully saturated rings. The molecule has 1 rings (SSSR count). The molecule has 0 aliphatic heterocycles. The van der Waals surface area contributed by atoms with Gasteiger partial charge in [0, 0.05) is 17.8 Å². The number of rotatable bonds is 5. The van der Waals surface area contributed by atoms with Crippen LogP contribution in [0.1, 0.15) is 0 Å². The second-order valence-electron chi connectivity index (χ2n) is 3.71. The van der Waals surface area contributed by atoms with Gasteiger partial charge >= 0.3 is 0 Å². The van der Waals surface area contributed by atoms with Gasteiger partial charge in [-0.1, -0.05) is 29.8 Å². The van der Waals surface area contributed by atoms with Gasteiger partial charge in [-0.15, -0.1) is 0 Å². The number of hydrogen-bond donors (Lipinski definition) is 1. The summed E-state index contributed by atoms with van der Waals surface area (Å²) in [5.41, 5.74) is 0. The Labute approximate surface area is 122 Å². The van der Waals surface area contributed by atoms with E-state index in [1.54, 1.807) is 0 Å². The lowest BCUT2D eigenvalue weighted by Gasteiger charge is -2.09. The fraction of sp³-hybridized carbons (Fsp3) is 0.200. The monoisotopic (exact) mass is 343 g/mol. The van der Waals surface area contributed by atoms with Crippen molar-refractivity contribution in [2.45, 2.75) is 9.79 Å². The quantitative estimate of drug-likeness (QED) is 0.883. The molecular weight excluding hydrogens is 333 g/mol. The molecule has 9 heteroatoms. The first-order chi connectivity index (χ1) is 8.54. The van der Waals surface area contributed by atoms with E-state index in [1.807, 2.05) is 0 Å². The van der Waals surface area contributed by atoms with E-state index in [0.29, 0.717) is 0 Å². The van der Waals surface area contributed by atoms with Crippen molar-refractivity contribution in [1.82, 2.24) is 4.72 Å². The molecule has 19 heavy (non-hydrogen) atoms. The molecule has 0 bridgehead atoms. The second kappa shape index (κ2) is 5.80. The summed E-state index contributed by atoms with van der Waals surface area (Å²) in [6.07, 6.45) is 0.973. The van der Waals surface area contributed by atoms with Crippen molar-refractivity contribution in [3.63, 3.8) is 0 Å². The number of hydrogen-bond acceptors (Lipinski definition) is 4. The Morgan fingerprint density at radius 2 is 1.89 bits per heavy atom. The third-order valence-electron chi connectivity index (χ3n) is 2.07. The zero-order valence-electron chi connectivity index (χ0n) is 9.85. The summed E-state index contributed by atoms with van der Waals surface area (Å²) in [6, 6.07) is 3.44. The third-order valence-corrected chi connectivity index (χ3v) is 5.20. The van der Waals surface area contributed by atoms with Crippen LogP contribution in [0.3, 0.4) is 0 Å². The Balaban J connectivity index is 3.30. The fourth-order valence-electron chi connectivity index (χ4n) is 1.17. The maximum absolute atomic E-state index is 11.9. The predicted molar refractivity (Wildman–Crippen MR) is 74.7 cm³/mol. The molecule has 0 heterocycles. The summed E-state index contributed by atoms with van der Waals surface area (Å²) in [5, 5.41) is 0.0130. The number of sulfone groups is 1. The summed E-state index contributed by atoms with van der Waals surface area (Å²) < 4.78 is 48.8. The van der Waals surface area contributed by atoms with Crippen LogP contribution in [0.4, 0.5) is 0 Å². The van der Waals surface area contributed by atoms with Crippen molar-refractivity contribution >= 4 is 43.1 Å². The summed E-state index contributed by atoms with van der Waals surface area (Å²) in [4.78, 5) is -0.461. The molecule has 1 aromatic rings. The highest BCUT2D eigenvalue weighted by Crippen LogP contribution is 2.24. The maximum atomic E-state index is 11.9. The van der Waals surface area contributed by atoms with Gasteiger partial charge in [0.25, 0.3) is 0 Å². The van der Waals surface area contributed by atoms with E-state index in [4.69, 9.17) is 23.2 Å². The van der Waals surface area contributed by atoms with Gasteiger partial charge in [-0.2, -0.15) is 0 Å². The van der Waals surface area contributed by atoms with Gasteiger partial charge < -0.3 is 0 Å². The van der Waals surface area contributed by atoms with E-state index in [2.05, 4.69) is 11.3 Å². The van der Waals surface area contributed by atoms with Crippen LogP contribution in [0.25, 0.3) is 0 Å². The van der Waals surface area contributed by atoms with E-state index in [-0.39, 0.29) is 26.4 Å². The number of sulfonamides is 1. The van der Waals surface area contributed by atoms with Crippen LogP contribution in [0.2, 0.25) is 5.02 Å². The minimum Gasteiger partial charge on any atom is -0.224 e. The minimum absolute atomic E-state index is 0.0833. The summed E-state index contributed by atoms with van der Waals surface area (Å²) in [5.74, 6) is 0. The predicted octanol–water partition coefficient (Wildman–Crippen LogP) is 1.77. The van der Waals surface area contributed by atoms with E-state index in [9.17, 15) is 16.8 Å². The molecule has 1 N–H and O–H groups in total. The molecule has 0 spiro atoms. The molecule has 1 aromatic carbocycles. The second-order valence-corrected chi connectivity index (χ2v) is 8.40. The molecular formula is C10H11Cl2NO4S2. The zero-order valence-corrected chi connectivity index (χ0v) is 13.0. The fourth-order valence-corrected chi connectivity index (χ4v) is 3.59. The van der Waals surface area contributed by atoms with Gasteiger partial charge in [0.05, 0.1) is 9.92 Å². The zero-order chi connectivity index (χ0) is 14.8. The van der Waals surface area contributed by atoms with Crippen molar-refractivity contribution in [3.05, 3.63) is 34.8 Å². The Kier molecular flexibility index (Phi) is 5.02. The Hall–Kier alpha value is -0.600. The van der Waals surface area contributed by atoms with Crippen LogP contribution in [-0.4, -0.2) is 29.6 Å². The average molecular weight is 344 g/mol. The molecule has 106 valence electrons.